The number of aryl methyl sites for hydroxylation is 1. The molecule has 8 heteroatoms. The predicted octanol–water partition coefficient (Wildman–Crippen LogP) is 2.78. The number of benzene rings is 2. The summed E-state index contributed by atoms with van der Waals surface area (Å²) >= 11 is 1.32. The molecule has 0 fully saturated rings. The highest BCUT2D eigenvalue weighted by atomic mass is 32.2. The van der Waals surface area contributed by atoms with Crippen molar-refractivity contribution in [2.45, 2.75) is 30.8 Å². The monoisotopic (exact) mass is 383 g/mol. The lowest BCUT2D eigenvalue weighted by Gasteiger charge is -2.12. The van der Waals surface area contributed by atoms with Gasteiger partial charge in [0.2, 0.25) is 11.1 Å². The van der Waals surface area contributed by atoms with Gasteiger partial charge in [-0.15, -0.1) is 5.10 Å². The Balaban J connectivity index is 1.62. The van der Waals surface area contributed by atoms with Gasteiger partial charge in [-0.2, -0.15) is 4.68 Å². The third-order valence-electron chi connectivity index (χ3n) is 4.06. The molecule has 27 heavy (non-hydrogen) atoms. The van der Waals surface area contributed by atoms with Crippen LogP contribution in [0.4, 0.5) is 0 Å². The van der Waals surface area contributed by atoms with Crippen LogP contribution < -0.4 is 10.1 Å². The standard InChI is InChI=1S/C19H21N5O2S/c1-13-6-4-5-7-17(13)24-19(21-22-23-24)27-14(2)18(25)20-12-15-8-10-16(26-3)11-9-15/h4-11,14H,12H2,1-3H3,(H,20,25)/t14-/m0/s1. The first-order valence-corrected chi connectivity index (χ1v) is 9.38. The molecule has 0 spiro atoms. The average Bonchev–Trinajstić information content (AvgIpc) is 3.14. The van der Waals surface area contributed by atoms with Crippen LogP contribution in [-0.2, 0) is 11.3 Å². The van der Waals surface area contributed by atoms with Gasteiger partial charge in [0.05, 0.1) is 18.0 Å². The van der Waals surface area contributed by atoms with E-state index in [2.05, 4.69) is 20.8 Å². The van der Waals surface area contributed by atoms with Crippen molar-refractivity contribution in [2.24, 2.45) is 0 Å². The first-order chi connectivity index (χ1) is 13.1. The topological polar surface area (TPSA) is 81.9 Å². The molecule has 0 aliphatic carbocycles. The van der Waals surface area contributed by atoms with Crippen molar-refractivity contribution in [1.29, 1.82) is 0 Å². The van der Waals surface area contributed by atoms with Gasteiger partial charge in [0, 0.05) is 6.54 Å². The highest BCUT2D eigenvalue weighted by Gasteiger charge is 2.19. The lowest BCUT2D eigenvalue weighted by Crippen LogP contribution is -2.30. The molecule has 3 rings (SSSR count). The number of carbonyl (C=O) groups is 1. The van der Waals surface area contributed by atoms with Crippen LogP contribution in [0.15, 0.2) is 53.7 Å². The normalized spacial score (nSPS) is 11.8. The fraction of sp³-hybridized carbons (Fsp3) is 0.263. The van der Waals surface area contributed by atoms with Crippen molar-refractivity contribution >= 4 is 17.7 Å². The predicted molar refractivity (Wildman–Crippen MR) is 104 cm³/mol. The van der Waals surface area contributed by atoms with Gasteiger partial charge in [-0.05, 0) is 53.6 Å². The van der Waals surface area contributed by atoms with Crippen LogP contribution >= 0.6 is 11.8 Å². The van der Waals surface area contributed by atoms with Crippen LogP contribution in [0.3, 0.4) is 0 Å². The van der Waals surface area contributed by atoms with Crippen LogP contribution in [0.25, 0.3) is 5.69 Å². The van der Waals surface area contributed by atoms with Gasteiger partial charge in [-0.25, -0.2) is 0 Å². The van der Waals surface area contributed by atoms with Gasteiger partial charge in [-0.1, -0.05) is 42.1 Å². The molecule has 0 bridgehead atoms. The van der Waals surface area contributed by atoms with E-state index in [1.54, 1.807) is 11.8 Å². The summed E-state index contributed by atoms with van der Waals surface area (Å²) in [5.74, 6) is 0.715. The van der Waals surface area contributed by atoms with E-state index in [0.29, 0.717) is 11.7 Å². The summed E-state index contributed by atoms with van der Waals surface area (Å²) < 4.78 is 6.80. The summed E-state index contributed by atoms with van der Waals surface area (Å²) in [7, 11) is 1.63. The molecule has 3 aromatic rings. The molecule has 1 N–H and O–H groups in total. The molecule has 0 unspecified atom stereocenters. The number of aromatic nitrogens is 4. The number of amides is 1. The Morgan fingerprint density at radius 3 is 2.67 bits per heavy atom. The minimum atomic E-state index is -0.336. The van der Waals surface area contributed by atoms with Gasteiger partial charge in [0.1, 0.15) is 5.75 Å². The van der Waals surface area contributed by atoms with Crippen LogP contribution in [-0.4, -0.2) is 38.5 Å². The van der Waals surface area contributed by atoms with E-state index in [1.165, 1.54) is 11.8 Å². The number of ether oxygens (including phenoxy) is 1. The number of tetrazole rings is 1. The zero-order chi connectivity index (χ0) is 19.2. The highest BCUT2D eigenvalue weighted by molar-refractivity contribution is 8.00. The molecule has 1 heterocycles. The smallest absolute Gasteiger partial charge is 0.233 e. The van der Waals surface area contributed by atoms with E-state index in [1.807, 2.05) is 62.4 Å². The van der Waals surface area contributed by atoms with E-state index >= 15 is 0 Å². The third kappa shape index (κ3) is 4.65. The Hall–Kier alpha value is -2.87. The van der Waals surface area contributed by atoms with Crippen LogP contribution in [0, 0.1) is 6.92 Å². The minimum Gasteiger partial charge on any atom is -0.497 e. The molecule has 0 saturated carbocycles. The summed E-state index contributed by atoms with van der Waals surface area (Å²) in [6, 6.07) is 15.4. The lowest BCUT2D eigenvalue weighted by atomic mass is 10.2. The van der Waals surface area contributed by atoms with Gasteiger partial charge in [0.15, 0.2) is 0 Å². The van der Waals surface area contributed by atoms with E-state index in [-0.39, 0.29) is 11.2 Å². The number of hydrogen-bond acceptors (Lipinski definition) is 6. The Bertz CT molecular complexity index is 910. The van der Waals surface area contributed by atoms with Crippen molar-refractivity contribution in [3.63, 3.8) is 0 Å². The first kappa shape index (κ1) is 18.9. The summed E-state index contributed by atoms with van der Waals surface area (Å²) in [5.41, 5.74) is 2.96. The lowest BCUT2D eigenvalue weighted by molar-refractivity contribution is -0.120. The van der Waals surface area contributed by atoms with Crippen molar-refractivity contribution in [1.82, 2.24) is 25.5 Å². The summed E-state index contributed by atoms with van der Waals surface area (Å²) in [5, 5.41) is 15.1. The zero-order valence-corrected chi connectivity index (χ0v) is 16.2. The molecule has 1 amide bonds. The number of hydrogen-bond donors (Lipinski definition) is 1. The number of para-hydroxylation sites is 1. The van der Waals surface area contributed by atoms with Crippen LogP contribution in [0.2, 0.25) is 0 Å². The average molecular weight is 383 g/mol. The first-order valence-electron chi connectivity index (χ1n) is 8.50. The Kier molecular flexibility index (Phi) is 6.08. The maximum atomic E-state index is 12.4. The van der Waals surface area contributed by atoms with Crippen molar-refractivity contribution < 1.29 is 9.53 Å². The maximum Gasteiger partial charge on any atom is 0.233 e. The highest BCUT2D eigenvalue weighted by Crippen LogP contribution is 2.24. The third-order valence-corrected chi connectivity index (χ3v) is 5.09. The zero-order valence-electron chi connectivity index (χ0n) is 15.4. The Morgan fingerprint density at radius 1 is 1.22 bits per heavy atom. The van der Waals surface area contributed by atoms with Crippen LogP contribution in [0.1, 0.15) is 18.1 Å². The molecule has 0 radical (unpaired) electrons. The molecule has 0 saturated heterocycles. The van der Waals surface area contributed by atoms with Gasteiger partial charge in [-0.3, -0.25) is 4.79 Å². The summed E-state index contributed by atoms with van der Waals surface area (Å²) in [4.78, 5) is 12.4. The number of thioether (sulfide) groups is 1. The van der Waals surface area contributed by atoms with Crippen molar-refractivity contribution in [2.75, 3.05) is 7.11 Å². The number of nitrogens with one attached hydrogen (secondary N) is 1. The maximum absolute atomic E-state index is 12.4. The fourth-order valence-electron chi connectivity index (χ4n) is 2.49. The number of methoxy groups -OCH3 is 1. The molecular weight excluding hydrogens is 362 g/mol. The SMILES string of the molecule is COc1ccc(CNC(=O)[C@H](C)Sc2nnnn2-c2ccccc2C)cc1. The Morgan fingerprint density at radius 2 is 1.96 bits per heavy atom. The second-order valence-corrected chi connectivity index (χ2v) is 7.29. The molecular formula is C19H21N5O2S. The Labute approximate surface area is 162 Å². The van der Waals surface area contributed by atoms with E-state index < -0.39 is 0 Å². The largest absolute Gasteiger partial charge is 0.497 e. The second kappa shape index (κ2) is 8.68. The molecule has 0 aliphatic heterocycles. The van der Waals surface area contributed by atoms with E-state index in [4.69, 9.17) is 4.74 Å². The minimum absolute atomic E-state index is 0.0739. The molecule has 2 aromatic carbocycles. The quantitative estimate of drug-likeness (QED) is 0.632. The summed E-state index contributed by atoms with van der Waals surface area (Å²) in [6.45, 7) is 4.29. The van der Waals surface area contributed by atoms with E-state index in [0.717, 1.165) is 22.6 Å². The molecule has 1 aromatic heterocycles. The number of rotatable bonds is 7. The van der Waals surface area contributed by atoms with Gasteiger partial charge < -0.3 is 10.1 Å². The van der Waals surface area contributed by atoms with E-state index in [9.17, 15) is 4.79 Å². The summed E-state index contributed by atoms with van der Waals surface area (Å²) in [6.07, 6.45) is 0. The fourth-order valence-corrected chi connectivity index (χ4v) is 3.32. The van der Waals surface area contributed by atoms with Crippen molar-refractivity contribution in [3.05, 3.63) is 59.7 Å². The number of nitrogens with zero attached hydrogens (tertiary/aromatic N) is 4. The van der Waals surface area contributed by atoms with Gasteiger partial charge >= 0.3 is 0 Å². The molecule has 7 nitrogen and oxygen atoms in total. The molecule has 140 valence electrons. The van der Waals surface area contributed by atoms with Crippen LogP contribution in [0.5, 0.6) is 5.75 Å². The molecule has 1 atom stereocenters. The number of carbonyl (C=O) groups excluding carboxylic acids is 1. The van der Waals surface area contributed by atoms with Gasteiger partial charge in [0.25, 0.3) is 0 Å². The van der Waals surface area contributed by atoms with Crippen molar-refractivity contribution in [3.8, 4) is 11.4 Å². The second-order valence-electron chi connectivity index (χ2n) is 5.99. The molecule has 0 aliphatic rings.